The molecule has 108 valence electrons. The molecule has 0 aliphatic carbocycles. The van der Waals surface area contributed by atoms with Crippen LogP contribution in [-0.2, 0) is 6.42 Å². The Kier molecular flexibility index (Phi) is 3.93. The van der Waals surface area contributed by atoms with E-state index in [9.17, 15) is 0 Å². The van der Waals surface area contributed by atoms with Gasteiger partial charge < -0.3 is 4.98 Å². The van der Waals surface area contributed by atoms with Crippen molar-refractivity contribution in [1.82, 2.24) is 9.55 Å². The lowest BCUT2D eigenvalue weighted by Crippen LogP contribution is -1.95. The maximum Gasteiger partial charge on any atom is 0.182 e. The number of aromatic nitrogens is 2. The maximum atomic E-state index is 5.49. The van der Waals surface area contributed by atoms with Gasteiger partial charge in [0.1, 0.15) is 0 Å². The third-order valence-electron chi connectivity index (χ3n) is 3.85. The topological polar surface area (TPSA) is 20.7 Å². The van der Waals surface area contributed by atoms with E-state index in [1.54, 1.807) is 0 Å². The van der Waals surface area contributed by atoms with Crippen LogP contribution in [-0.4, -0.2) is 9.55 Å². The number of nitrogens with zero attached hydrogens (tertiary/aromatic N) is 1. The summed E-state index contributed by atoms with van der Waals surface area (Å²) in [4.78, 5) is 3.28. The zero-order valence-corrected chi connectivity index (χ0v) is 13.3. The zero-order chi connectivity index (χ0) is 14.8. The van der Waals surface area contributed by atoms with E-state index in [1.165, 1.54) is 24.0 Å². The van der Waals surface area contributed by atoms with Crippen LogP contribution < -0.4 is 0 Å². The highest BCUT2D eigenvalue weighted by Gasteiger charge is 2.06. The highest BCUT2D eigenvalue weighted by atomic mass is 32.1. The highest BCUT2D eigenvalue weighted by Crippen LogP contribution is 2.21. The van der Waals surface area contributed by atoms with E-state index in [-0.39, 0.29) is 0 Å². The predicted molar refractivity (Wildman–Crippen MR) is 91.8 cm³/mol. The number of hydrogen-bond donors (Lipinski definition) is 1. The lowest BCUT2D eigenvalue weighted by molar-refractivity contribution is 0.795. The summed E-state index contributed by atoms with van der Waals surface area (Å²) in [5.41, 5.74) is 5.98. The molecule has 1 N–H and O–H groups in total. The predicted octanol–water partition coefficient (Wildman–Crippen LogP) is 5.34. The summed E-state index contributed by atoms with van der Waals surface area (Å²) < 4.78 is 2.86. The summed E-state index contributed by atoms with van der Waals surface area (Å²) in [6, 6.07) is 15.1. The molecule has 0 saturated carbocycles. The minimum Gasteiger partial charge on any atom is -0.330 e. The van der Waals surface area contributed by atoms with Crippen molar-refractivity contribution >= 4 is 23.3 Å². The Morgan fingerprint density at radius 1 is 1.10 bits per heavy atom. The molecule has 2 nitrogen and oxygen atoms in total. The van der Waals surface area contributed by atoms with Gasteiger partial charge in [-0.15, -0.1) is 0 Å². The molecule has 0 fully saturated rings. The van der Waals surface area contributed by atoms with Gasteiger partial charge in [-0.3, -0.25) is 4.57 Å². The van der Waals surface area contributed by atoms with Crippen molar-refractivity contribution in [3.8, 4) is 5.69 Å². The number of fused-ring (bicyclic) bond motifs is 1. The Bertz CT molecular complexity index is 809. The second-order valence-electron chi connectivity index (χ2n) is 5.56. The van der Waals surface area contributed by atoms with Crippen LogP contribution in [0.4, 0.5) is 0 Å². The molecule has 0 amide bonds. The van der Waals surface area contributed by atoms with Gasteiger partial charge in [-0.25, -0.2) is 0 Å². The Labute approximate surface area is 130 Å². The molecule has 1 aromatic heterocycles. The molecular weight excluding hydrogens is 276 g/mol. The van der Waals surface area contributed by atoms with Gasteiger partial charge in [0.2, 0.25) is 0 Å². The molecule has 2 aromatic carbocycles. The fourth-order valence-electron chi connectivity index (χ4n) is 2.66. The van der Waals surface area contributed by atoms with E-state index in [0.717, 1.165) is 27.9 Å². The minimum absolute atomic E-state index is 0.747. The van der Waals surface area contributed by atoms with E-state index < -0.39 is 0 Å². The Balaban J connectivity index is 2.05. The largest absolute Gasteiger partial charge is 0.330 e. The molecule has 0 aliphatic heterocycles. The van der Waals surface area contributed by atoms with Crippen molar-refractivity contribution in [3.05, 3.63) is 58.4 Å². The SMILES string of the molecule is CCCCc1ccc(-n2c(=S)[nH]c3ccc(C)cc32)cc1. The van der Waals surface area contributed by atoms with Gasteiger partial charge in [0.25, 0.3) is 0 Å². The zero-order valence-electron chi connectivity index (χ0n) is 12.5. The molecule has 21 heavy (non-hydrogen) atoms. The van der Waals surface area contributed by atoms with Crippen LogP contribution >= 0.6 is 12.2 Å². The Morgan fingerprint density at radius 3 is 2.57 bits per heavy atom. The van der Waals surface area contributed by atoms with Gasteiger partial charge in [-0.05, 0) is 67.4 Å². The molecule has 3 aromatic rings. The molecule has 0 saturated heterocycles. The number of benzene rings is 2. The number of hydrogen-bond acceptors (Lipinski definition) is 1. The van der Waals surface area contributed by atoms with E-state index in [0.29, 0.717) is 0 Å². The van der Waals surface area contributed by atoms with Crippen molar-refractivity contribution in [1.29, 1.82) is 0 Å². The van der Waals surface area contributed by atoms with Crippen molar-refractivity contribution in [3.63, 3.8) is 0 Å². The van der Waals surface area contributed by atoms with Gasteiger partial charge >= 0.3 is 0 Å². The number of aromatic amines is 1. The lowest BCUT2D eigenvalue weighted by Gasteiger charge is -2.07. The maximum absolute atomic E-state index is 5.49. The van der Waals surface area contributed by atoms with Crippen LogP contribution in [0, 0.1) is 11.7 Å². The number of aryl methyl sites for hydroxylation is 2. The third-order valence-corrected chi connectivity index (χ3v) is 4.14. The van der Waals surface area contributed by atoms with Gasteiger partial charge in [0, 0.05) is 5.69 Å². The summed E-state index contributed by atoms with van der Waals surface area (Å²) in [5.74, 6) is 0. The molecular formula is C18H20N2S. The first-order valence-corrected chi connectivity index (χ1v) is 7.90. The summed E-state index contributed by atoms with van der Waals surface area (Å²) in [6.45, 7) is 4.33. The first kappa shape index (κ1) is 14.1. The number of H-pyrrole nitrogens is 1. The van der Waals surface area contributed by atoms with Gasteiger partial charge in [0.15, 0.2) is 4.77 Å². The first-order chi connectivity index (χ1) is 10.2. The molecule has 0 bridgehead atoms. The Morgan fingerprint density at radius 2 is 1.86 bits per heavy atom. The fourth-order valence-corrected chi connectivity index (χ4v) is 2.98. The van der Waals surface area contributed by atoms with Crippen LogP contribution in [0.15, 0.2) is 42.5 Å². The standard InChI is InChI=1S/C18H20N2S/c1-3-4-5-14-7-9-15(10-8-14)20-17-12-13(2)6-11-16(17)19-18(20)21/h6-12H,3-5H2,1-2H3,(H,19,21). The molecule has 0 aliphatic rings. The second kappa shape index (κ2) is 5.86. The molecule has 3 heteroatoms. The van der Waals surface area contributed by atoms with E-state index >= 15 is 0 Å². The van der Waals surface area contributed by atoms with Gasteiger partial charge in [0.05, 0.1) is 11.0 Å². The average molecular weight is 296 g/mol. The first-order valence-electron chi connectivity index (χ1n) is 7.50. The highest BCUT2D eigenvalue weighted by molar-refractivity contribution is 7.71. The third kappa shape index (κ3) is 2.79. The van der Waals surface area contributed by atoms with E-state index in [2.05, 4.69) is 65.9 Å². The number of imidazole rings is 1. The summed E-state index contributed by atoms with van der Waals surface area (Å²) in [6.07, 6.45) is 3.62. The van der Waals surface area contributed by atoms with E-state index in [4.69, 9.17) is 12.2 Å². The van der Waals surface area contributed by atoms with Crippen molar-refractivity contribution in [2.45, 2.75) is 33.1 Å². The fraction of sp³-hybridized carbons (Fsp3) is 0.278. The Hall–Kier alpha value is -1.87. The lowest BCUT2D eigenvalue weighted by atomic mass is 10.1. The normalized spacial score (nSPS) is 11.1. The summed E-state index contributed by atoms with van der Waals surface area (Å²) >= 11 is 5.49. The molecule has 3 rings (SSSR count). The molecule has 1 heterocycles. The number of rotatable bonds is 4. The quantitative estimate of drug-likeness (QED) is 0.645. The molecule has 0 spiro atoms. The summed E-state index contributed by atoms with van der Waals surface area (Å²) in [5, 5.41) is 0. The van der Waals surface area contributed by atoms with Crippen molar-refractivity contribution in [2.75, 3.05) is 0 Å². The minimum atomic E-state index is 0.747. The monoisotopic (exact) mass is 296 g/mol. The van der Waals surface area contributed by atoms with Crippen LogP contribution in [0.2, 0.25) is 0 Å². The van der Waals surface area contributed by atoms with E-state index in [1.807, 2.05) is 0 Å². The van der Waals surface area contributed by atoms with Crippen LogP contribution in [0.3, 0.4) is 0 Å². The molecule has 0 atom stereocenters. The second-order valence-corrected chi connectivity index (χ2v) is 5.94. The number of nitrogens with one attached hydrogen (secondary N) is 1. The summed E-state index contributed by atoms with van der Waals surface area (Å²) in [7, 11) is 0. The molecule has 0 radical (unpaired) electrons. The number of unbranched alkanes of at least 4 members (excludes halogenated alkanes) is 1. The van der Waals surface area contributed by atoms with Gasteiger partial charge in [-0.2, -0.15) is 0 Å². The van der Waals surface area contributed by atoms with Crippen LogP contribution in [0.1, 0.15) is 30.9 Å². The molecule has 0 unspecified atom stereocenters. The van der Waals surface area contributed by atoms with Crippen molar-refractivity contribution in [2.24, 2.45) is 0 Å². The van der Waals surface area contributed by atoms with Crippen LogP contribution in [0.25, 0.3) is 16.7 Å². The van der Waals surface area contributed by atoms with Crippen molar-refractivity contribution < 1.29 is 0 Å². The smallest absolute Gasteiger partial charge is 0.182 e. The van der Waals surface area contributed by atoms with Gasteiger partial charge in [-0.1, -0.05) is 31.5 Å². The van der Waals surface area contributed by atoms with Crippen LogP contribution in [0.5, 0.6) is 0 Å². The average Bonchev–Trinajstić information content (AvgIpc) is 2.81.